The lowest BCUT2D eigenvalue weighted by atomic mass is 9.84. The number of halogens is 1. The smallest absolute Gasteiger partial charge is 0.0204 e. The van der Waals surface area contributed by atoms with E-state index in [0.29, 0.717) is 4.32 Å². The Kier molecular flexibility index (Phi) is 3.42. The number of hydrogen-bond acceptors (Lipinski definition) is 0. The van der Waals surface area contributed by atoms with Crippen LogP contribution in [0.1, 0.15) is 52.4 Å². The minimum absolute atomic E-state index is 0.370. The maximum atomic E-state index is 3.71. The Morgan fingerprint density at radius 3 is 2.18 bits per heavy atom. The molecule has 0 atom stereocenters. The van der Waals surface area contributed by atoms with E-state index in [1.54, 1.807) is 0 Å². The third kappa shape index (κ3) is 4.15. The maximum Gasteiger partial charge on any atom is 0.0204 e. The molecule has 1 saturated carbocycles. The number of alkyl halides is 1. The Labute approximate surface area is 78.9 Å². The minimum atomic E-state index is 0.370. The monoisotopic (exact) mass is 218 g/mol. The van der Waals surface area contributed by atoms with Crippen molar-refractivity contribution in [3.63, 3.8) is 0 Å². The Bertz CT molecular complexity index is 107. The topological polar surface area (TPSA) is 0 Å². The Morgan fingerprint density at radius 1 is 1.18 bits per heavy atom. The van der Waals surface area contributed by atoms with Gasteiger partial charge in [0.2, 0.25) is 0 Å². The van der Waals surface area contributed by atoms with Gasteiger partial charge in [0.25, 0.3) is 0 Å². The summed E-state index contributed by atoms with van der Waals surface area (Å²) in [4.78, 5) is 0. The molecule has 0 radical (unpaired) electrons. The molecule has 0 saturated heterocycles. The van der Waals surface area contributed by atoms with Crippen molar-refractivity contribution in [2.45, 2.75) is 56.7 Å². The molecule has 1 fully saturated rings. The van der Waals surface area contributed by atoms with Crippen LogP contribution in [0.4, 0.5) is 0 Å². The normalized spacial score (nSPS) is 22.1. The zero-order chi connectivity index (χ0) is 8.32. The molecule has 1 aliphatic rings. The van der Waals surface area contributed by atoms with E-state index in [1.807, 2.05) is 0 Å². The summed E-state index contributed by atoms with van der Waals surface area (Å²) in [6.07, 6.45) is 8.69. The van der Waals surface area contributed by atoms with Crippen molar-refractivity contribution in [1.29, 1.82) is 0 Å². The van der Waals surface area contributed by atoms with Crippen LogP contribution in [0.15, 0.2) is 0 Å². The van der Waals surface area contributed by atoms with E-state index in [4.69, 9.17) is 0 Å². The molecule has 1 heteroatoms. The first-order valence-corrected chi connectivity index (χ1v) is 5.56. The molecule has 1 rings (SSSR count). The van der Waals surface area contributed by atoms with Crippen LogP contribution < -0.4 is 0 Å². The summed E-state index contributed by atoms with van der Waals surface area (Å²) in [5, 5.41) is 0. The summed E-state index contributed by atoms with van der Waals surface area (Å²) in [6, 6.07) is 0. The van der Waals surface area contributed by atoms with Crippen LogP contribution in [0.3, 0.4) is 0 Å². The largest absolute Gasteiger partial charge is 0.0859 e. The zero-order valence-corrected chi connectivity index (χ0v) is 9.28. The van der Waals surface area contributed by atoms with E-state index in [2.05, 4.69) is 29.8 Å². The third-order valence-electron chi connectivity index (χ3n) is 2.50. The molecule has 0 aliphatic heterocycles. The van der Waals surface area contributed by atoms with E-state index in [-0.39, 0.29) is 0 Å². The van der Waals surface area contributed by atoms with Crippen molar-refractivity contribution in [2.24, 2.45) is 5.92 Å². The third-order valence-corrected chi connectivity index (χ3v) is 2.82. The predicted octanol–water partition coefficient (Wildman–Crippen LogP) is 4.13. The van der Waals surface area contributed by atoms with Gasteiger partial charge >= 0.3 is 0 Å². The summed E-state index contributed by atoms with van der Waals surface area (Å²) >= 11 is 3.71. The highest BCUT2D eigenvalue weighted by Gasteiger charge is 2.21. The van der Waals surface area contributed by atoms with Crippen LogP contribution in [-0.4, -0.2) is 4.32 Å². The quantitative estimate of drug-likeness (QED) is 0.612. The Morgan fingerprint density at radius 2 is 1.73 bits per heavy atom. The van der Waals surface area contributed by atoms with Crippen LogP contribution in [-0.2, 0) is 0 Å². The lowest BCUT2D eigenvalue weighted by molar-refractivity contribution is 0.319. The molecular formula is C10H19Br. The Hall–Kier alpha value is 0.480. The van der Waals surface area contributed by atoms with Gasteiger partial charge in [-0.2, -0.15) is 0 Å². The van der Waals surface area contributed by atoms with E-state index in [1.165, 1.54) is 38.5 Å². The molecular weight excluding hydrogens is 200 g/mol. The van der Waals surface area contributed by atoms with Crippen molar-refractivity contribution in [3.05, 3.63) is 0 Å². The fraction of sp³-hybridized carbons (Fsp3) is 1.00. The molecule has 0 bridgehead atoms. The van der Waals surface area contributed by atoms with Gasteiger partial charge in [-0.15, -0.1) is 0 Å². The van der Waals surface area contributed by atoms with Gasteiger partial charge in [0.05, 0.1) is 0 Å². The average molecular weight is 219 g/mol. The fourth-order valence-corrected chi connectivity index (χ4v) is 2.54. The van der Waals surface area contributed by atoms with Crippen LogP contribution in [0, 0.1) is 5.92 Å². The maximum absolute atomic E-state index is 3.71. The summed E-state index contributed by atoms with van der Waals surface area (Å²) in [6.45, 7) is 4.56. The SMILES string of the molecule is CC(C)(Br)CC1CCCCC1. The lowest BCUT2D eigenvalue weighted by Gasteiger charge is -2.27. The van der Waals surface area contributed by atoms with Gasteiger partial charge in [0.15, 0.2) is 0 Å². The van der Waals surface area contributed by atoms with Gasteiger partial charge in [-0.05, 0) is 12.3 Å². The zero-order valence-electron chi connectivity index (χ0n) is 7.70. The molecule has 0 unspecified atom stereocenters. The van der Waals surface area contributed by atoms with Gasteiger partial charge in [-0.1, -0.05) is 61.9 Å². The van der Waals surface area contributed by atoms with Crippen molar-refractivity contribution < 1.29 is 0 Å². The van der Waals surface area contributed by atoms with Crippen LogP contribution in [0.2, 0.25) is 0 Å². The predicted molar refractivity (Wildman–Crippen MR) is 54.2 cm³/mol. The fourth-order valence-electron chi connectivity index (χ4n) is 2.08. The molecule has 66 valence electrons. The number of rotatable bonds is 2. The van der Waals surface area contributed by atoms with Gasteiger partial charge in [-0.25, -0.2) is 0 Å². The highest BCUT2D eigenvalue weighted by Crippen LogP contribution is 2.33. The highest BCUT2D eigenvalue weighted by atomic mass is 79.9. The van der Waals surface area contributed by atoms with Crippen molar-refractivity contribution in [3.8, 4) is 0 Å². The highest BCUT2D eigenvalue weighted by molar-refractivity contribution is 9.10. The van der Waals surface area contributed by atoms with Crippen LogP contribution >= 0.6 is 15.9 Å². The molecule has 0 aromatic rings. The lowest BCUT2D eigenvalue weighted by Crippen LogP contribution is -2.18. The second-order valence-electron chi connectivity index (χ2n) is 4.43. The van der Waals surface area contributed by atoms with E-state index in [0.717, 1.165) is 5.92 Å². The molecule has 0 N–H and O–H groups in total. The van der Waals surface area contributed by atoms with E-state index < -0.39 is 0 Å². The summed E-state index contributed by atoms with van der Waals surface area (Å²) < 4.78 is 0.370. The second-order valence-corrected chi connectivity index (χ2v) is 6.57. The molecule has 0 amide bonds. The average Bonchev–Trinajstić information content (AvgIpc) is 1.85. The molecule has 0 aromatic heterocycles. The molecule has 0 heterocycles. The van der Waals surface area contributed by atoms with Crippen molar-refractivity contribution in [1.82, 2.24) is 0 Å². The standard InChI is InChI=1S/C10H19Br/c1-10(2,11)8-9-6-4-3-5-7-9/h9H,3-8H2,1-2H3. The van der Waals surface area contributed by atoms with Crippen LogP contribution in [0.5, 0.6) is 0 Å². The first-order chi connectivity index (χ1) is 5.08. The molecule has 0 spiro atoms. The van der Waals surface area contributed by atoms with Gasteiger partial charge in [0.1, 0.15) is 0 Å². The minimum Gasteiger partial charge on any atom is -0.0859 e. The van der Waals surface area contributed by atoms with Gasteiger partial charge in [0, 0.05) is 4.32 Å². The molecule has 1 aliphatic carbocycles. The van der Waals surface area contributed by atoms with Crippen LogP contribution in [0.25, 0.3) is 0 Å². The Balaban J connectivity index is 2.24. The number of hydrogen-bond donors (Lipinski definition) is 0. The first kappa shape index (κ1) is 9.57. The molecule has 11 heavy (non-hydrogen) atoms. The van der Waals surface area contributed by atoms with Crippen molar-refractivity contribution >= 4 is 15.9 Å². The molecule has 0 aromatic carbocycles. The summed E-state index contributed by atoms with van der Waals surface area (Å²) in [5.41, 5.74) is 0. The van der Waals surface area contributed by atoms with Gasteiger partial charge < -0.3 is 0 Å². The second kappa shape index (κ2) is 3.93. The first-order valence-electron chi connectivity index (χ1n) is 4.77. The summed E-state index contributed by atoms with van der Waals surface area (Å²) in [7, 11) is 0. The van der Waals surface area contributed by atoms with E-state index >= 15 is 0 Å². The van der Waals surface area contributed by atoms with Gasteiger partial charge in [-0.3, -0.25) is 0 Å². The molecule has 0 nitrogen and oxygen atoms in total. The van der Waals surface area contributed by atoms with E-state index in [9.17, 15) is 0 Å². The summed E-state index contributed by atoms with van der Waals surface area (Å²) in [5.74, 6) is 0.998. The van der Waals surface area contributed by atoms with Crippen molar-refractivity contribution in [2.75, 3.05) is 0 Å².